The Hall–Kier alpha value is -1.50. The van der Waals surface area contributed by atoms with Gasteiger partial charge in [-0.2, -0.15) is 0 Å². The Kier molecular flexibility index (Phi) is 15.7. The molecule has 5 N–H and O–H groups in total. The van der Waals surface area contributed by atoms with Crippen LogP contribution in [0.4, 0.5) is 0 Å². The third-order valence-electron chi connectivity index (χ3n) is 12.2. The molecular formula is C38H70N2O13. The molecule has 15 nitrogen and oxygen atoms in total. The quantitative estimate of drug-likeness (QED) is 0.176. The van der Waals surface area contributed by atoms with E-state index in [9.17, 15) is 35.1 Å². The zero-order valence-corrected chi connectivity index (χ0v) is 34.2. The number of hydrogen-bond donors (Lipinski definition) is 5. The fourth-order valence-corrected chi connectivity index (χ4v) is 8.71. The third kappa shape index (κ3) is 10.3. The minimum Gasteiger partial charge on any atom is -0.459 e. The van der Waals surface area contributed by atoms with Crippen LogP contribution in [0.5, 0.6) is 0 Å². The zero-order chi connectivity index (χ0) is 40.4. The molecule has 3 aliphatic heterocycles. The predicted molar refractivity (Wildman–Crippen MR) is 194 cm³/mol. The molecule has 310 valence electrons. The number of carbonyl (C=O) groups is 2. The fraction of sp³-hybridized carbons (Fsp3) is 0.947. The van der Waals surface area contributed by atoms with Crippen LogP contribution in [0.25, 0.3) is 0 Å². The second-order valence-electron chi connectivity index (χ2n) is 17.0. The van der Waals surface area contributed by atoms with Crippen LogP contribution in [0, 0.1) is 17.8 Å². The van der Waals surface area contributed by atoms with Gasteiger partial charge >= 0.3 is 5.97 Å². The molecule has 0 bridgehead atoms. The SMILES string of the molecule is CCC1OC(=O)[C@H](C)[C@@H](O[C@H]2C[C@@](C)(OC)[C@@H](O)[C@H](C)O2)[C@H](C)[C@@H](O[C@@H]2O[C@H](C)C[C@H](N(C)C=O)[C@H]2O)[C@](C)(O)C[C@@H](C)CN(C)[C@H](C)[C@@H](O)[C@]1(C)O. The molecule has 3 heterocycles. The highest BCUT2D eigenvalue weighted by atomic mass is 16.7. The third-order valence-corrected chi connectivity index (χ3v) is 12.2. The normalized spacial score (nSPS) is 48.6. The minimum atomic E-state index is -1.82. The standard InChI is InChI=1S/C38H70N2O13/c1-14-27-38(10,47)31(43)24(6)39(11)18-20(2)16-36(8,46)33(53-35-29(42)26(40(12)19-41)15-21(3)49-35)22(4)30(23(5)34(45)51-27)52-28-17-37(9,48-13)32(44)25(7)50-28/h19-33,35,42-44,46-47H,14-18H2,1-13H3/t20-,21-,22+,23-,24-,25+,26+,27?,28+,29-,30+,31-,32+,33-,35+,36-,37-,38-/m1/s1. The molecule has 1 amide bonds. The first-order valence-electron chi connectivity index (χ1n) is 19.2. The summed E-state index contributed by atoms with van der Waals surface area (Å²) in [6.07, 6.45) is -8.72. The van der Waals surface area contributed by atoms with Crippen LogP contribution in [-0.4, -0.2) is 166 Å². The van der Waals surface area contributed by atoms with Crippen molar-refractivity contribution in [1.82, 2.24) is 9.80 Å². The van der Waals surface area contributed by atoms with Gasteiger partial charge < -0.3 is 63.8 Å². The van der Waals surface area contributed by atoms with E-state index in [2.05, 4.69) is 0 Å². The van der Waals surface area contributed by atoms with Gasteiger partial charge in [0.15, 0.2) is 12.6 Å². The molecule has 0 aliphatic carbocycles. The summed E-state index contributed by atoms with van der Waals surface area (Å²) < 4.78 is 37.3. The molecule has 3 saturated heterocycles. The van der Waals surface area contributed by atoms with Gasteiger partial charge in [0.1, 0.15) is 30.0 Å². The molecule has 0 aromatic heterocycles. The highest BCUT2D eigenvalue weighted by molar-refractivity contribution is 5.73. The maximum absolute atomic E-state index is 14.2. The van der Waals surface area contributed by atoms with Crippen LogP contribution in [0.3, 0.4) is 0 Å². The number of likely N-dealkylation sites (N-methyl/N-ethyl adjacent to an activating group) is 2. The van der Waals surface area contributed by atoms with Crippen molar-refractivity contribution in [1.29, 1.82) is 0 Å². The lowest BCUT2D eigenvalue weighted by atomic mass is 9.77. The molecule has 15 heteroatoms. The van der Waals surface area contributed by atoms with Crippen molar-refractivity contribution in [3.8, 4) is 0 Å². The van der Waals surface area contributed by atoms with Crippen LogP contribution in [-0.2, 0) is 38.0 Å². The fourth-order valence-electron chi connectivity index (χ4n) is 8.71. The number of amides is 1. The number of ether oxygens (including phenoxy) is 6. The number of carbonyl (C=O) groups excluding carboxylic acids is 2. The topological polar surface area (TPSA) is 197 Å². The second-order valence-corrected chi connectivity index (χ2v) is 17.0. The smallest absolute Gasteiger partial charge is 0.311 e. The highest BCUT2D eigenvalue weighted by Gasteiger charge is 2.52. The number of cyclic esters (lactones) is 1. The summed E-state index contributed by atoms with van der Waals surface area (Å²) in [4.78, 5) is 29.2. The van der Waals surface area contributed by atoms with Crippen LogP contribution in [0.15, 0.2) is 0 Å². The lowest BCUT2D eigenvalue weighted by Crippen LogP contribution is -2.60. The number of esters is 1. The number of aliphatic hydroxyl groups is 5. The summed E-state index contributed by atoms with van der Waals surface area (Å²) in [7, 11) is 4.88. The molecule has 53 heavy (non-hydrogen) atoms. The molecule has 0 aromatic carbocycles. The Bertz CT molecular complexity index is 1190. The van der Waals surface area contributed by atoms with E-state index in [0.717, 1.165) is 0 Å². The van der Waals surface area contributed by atoms with Crippen LogP contribution < -0.4 is 0 Å². The van der Waals surface area contributed by atoms with E-state index in [0.29, 0.717) is 19.4 Å². The molecule has 0 spiro atoms. The molecule has 0 aromatic rings. The number of methoxy groups -OCH3 is 1. The molecular weight excluding hydrogens is 692 g/mol. The summed E-state index contributed by atoms with van der Waals surface area (Å²) >= 11 is 0. The minimum absolute atomic E-state index is 0.101. The van der Waals surface area contributed by atoms with E-state index >= 15 is 0 Å². The Morgan fingerprint density at radius 2 is 1.60 bits per heavy atom. The maximum atomic E-state index is 14.2. The number of aliphatic hydroxyl groups excluding tert-OH is 3. The van der Waals surface area contributed by atoms with Gasteiger partial charge in [-0.05, 0) is 80.7 Å². The van der Waals surface area contributed by atoms with Gasteiger partial charge in [-0.25, -0.2) is 0 Å². The average molecular weight is 763 g/mol. The first-order valence-corrected chi connectivity index (χ1v) is 19.2. The van der Waals surface area contributed by atoms with E-state index < -0.39 is 108 Å². The van der Waals surface area contributed by atoms with Gasteiger partial charge in [0.05, 0.1) is 47.6 Å². The van der Waals surface area contributed by atoms with Crippen molar-refractivity contribution in [3.05, 3.63) is 0 Å². The Labute approximate surface area is 316 Å². The van der Waals surface area contributed by atoms with E-state index in [1.165, 1.54) is 18.9 Å². The van der Waals surface area contributed by atoms with E-state index in [1.807, 2.05) is 25.8 Å². The van der Waals surface area contributed by atoms with Crippen molar-refractivity contribution in [3.63, 3.8) is 0 Å². The van der Waals surface area contributed by atoms with Crippen molar-refractivity contribution in [2.24, 2.45) is 17.8 Å². The highest BCUT2D eigenvalue weighted by Crippen LogP contribution is 2.40. The van der Waals surface area contributed by atoms with Gasteiger partial charge in [0.2, 0.25) is 6.41 Å². The molecule has 3 fully saturated rings. The lowest BCUT2D eigenvalue weighted by molar-refractivity contribution is -0.317. The number of nitrogens with zero attached hydrogens (tertiary/aromatic N) is 2. The first-order chi connectivity index (χ1) is 24.4. The summed E-state index contributed by atoms with van der Waals surface area (Å²) in [5.41, 5.74) is -4.50. The first kappa shape index (κ1) is 45.9. The van der Waals surface area contributed by atoms with Crippen molar-refractivity contribution in [2.45, 2.75) is 185 Å². The van der Waals surface area contributed by atoms with Crippen molar-refractivity contribution >= 4 is 12.4 Å². The van der Waals surface area contributed by atoms with Crippen LogP contribution in [0.1, 0.15) is 94.9 Å². The van der Waals surface area contributed by atoms with Gasteiger partial charge in [0.25, 0.3) is 0 Å². The Balaban J connectivity index is 2.18. The zero-order valence-electron chi connectivity index (χ0n) is 34.2. The largest absolute Gasteiger partial charge is 0.459 e. The van der Waals surface area contributed by atoms with Crippen LogP contribution in [0.2, 0.25) is 0 Å². The summed E-state index contributed by atoms with van der Waals surface area (Å²) in [5, 5.41) is 58.1. The summed E-state index contributed by atoms with van der Waals surface area (Å²) in [6, 6.07) is -1.19. The maximum Gasteiger partial charge on any atom is 0.311 e. The molecule has 1 unspecified atom stereocenters. The molecule has 18 atom stereocenters. The number of rotatable bonds is 8. The van der Waals surface area contributed by atoms with Gasteiger partial charge in [-0.1, -0.05) is 20.8 Å². The van der Waals surface area contributed by atoms with Crippen LogP contribution >= 0.6 is 0 Å². The average Bonchev–Trinajstić information content (AvgIpc) is 3.09. The Morgan fingerprint density at radius 3 is 2.17 bits per heavy atom. The summed E-state index contributed by atoms with van der Waals surface area (Å²) in [6.45, 7) is 17.6. The van der Waals surface area contributed by atoms with Gasteiger partial charge in [0, 0.05) is 39.1 Å². The molecule has 0 saturated carbocycles. The summed E-state index contributed by atoms with van der Waals surface area (Å²) in [5.74, 6) is -2.78. The second kappa shape index (κ2) is 18.2. The lowest BCUT2D eigenvalue weighted by Gasteiger charge is -2.48. The number of hydrogen-bond acceptors (Lipinski definition) is 14. The Morgan fingerprint density at radius 1 is 0.981 bits per heavy atom. The van der Waals surface area contributed by atoms with Gasteiger partial charge in [-0.15, -0.1) is 0 Å². The van der Waals surface area contributed by atoms with Crippen molar-refractivity contribution in [2.75, 3.05) is 27.7 Å². The molecule has 3 aliphatic rings. The predicted octanol–water partition coefficient (Wildman–Crippen LogP) is 1.43. The van der Waals surface area contributed by atoms with E-state index in [-0.39, 0.29) is 25.2 Å². The van der Waals surface area contributed by atoms with Gasteiger partial charge in [-0.3, -0.25) is 9.59 Å². The van der Waals surface area contributed by atoms with E-state index in [4.69, 9.17) is 28.4 Å². The molecule has 3 rings (SSSR count). The van der Waals surface area contributed by atoms with Crippen molar-refractivity contribution < 1.29 is 63.5 Å². The van der Waals surface area contributed by atoms with E-state index in [1.54, 1.807) is 55.5 Å². The molecule has 0 radical (unpaired) electrons. The monoisotopic (exact) mass is 762 g/mol.